The highest BCUT2D eigenvalue weighted by molar-refractivity contribution is 5.58. The van der Waals surface area contributed by atoms with E-state index < -0.39 is 0 Å². The minimum atomic E-state index is 0.356. The standard InChI is InChI=1S/C20H24N6/c21-18-4-7-25(8-5-18)14-19-11-24-20(12-23-19)17-3-1-2-16(10-17)13-26-9-6-22-15-26/h1-3,6,9-12,15,18H,4-5,7-8,13-14,21H2. The van der Waals surface area contributed by atoms with E-state index in [0.717, 1.165) is 56.0 Å². The molecule has 3 aromatic rings. The molecule has 134 valence electrons. The van der Waals surface area contributed by atoms with Crippen molar-refractivity contribution in [2.24, 2.45) is 5.73 Å². The molecular formula is C20H24N6. The molecule has 26 heavy (non-hydrogen) atoms. The van der Waals surface area contributed by atoms with Gasteiger partial charge in [0, 0.05) is 50.2 Å². The number of hydrogen-bond acceptors (Lipinski definition) is 5. The molecule has 6 heteroatoms. The molecular weight excluding hydrogens is 324 g/mol. The maximum atomic E-state index is 5.97. The zero-order chi connectivity index (χ0) is 17.8. The highest BCUT2D eigenvalue weighted by Crippen LogP contribution is 2.19. The predicted molar refractivity (Wildman–Crippen MR) is 101 cm³/mol. The molecule has 4 rings (SSSR count). The highest BCUT2D eigenvalue weighted by atomic mass is 15.1. The molecule has 3 heterocycles. The van der Waals surface area contributed by atoms with Crippen LogP contribution in [0.15, 0.2) is 55.4 Å². The Morgan fingerprint density at radius 2 is 1.96 bits per heavy atom. The lowest BCUT2D eigenvalue weighted by atomic mass is 10.1. The highest BCUT2D eigenvalue weighted by Gasteiger charge is 2.16. The second-order valence-electron chi connectivity index (χ2n) is 6.94. The van der Waals surface area contributed by atoms with Crippen LogP contribution in [0.4, 0.5) is 0 Å². The molecule has 1 fully saturated rings. The van der Waals surface area contributed by atoms with Crippen molar-refractivity contribution < 1.29 is 0 Å². The molecule has 1 saturated heterocycles. The number of hydrogen-bond donors (Lipinski definition) is 1. The summed E-state index contributed by atoms with van der Waals surface area (Å²) in [6.45, 7) is 3.74. The van der Waals surface area contributed by atoms with Crippen LogP contribution < -0.4 is 5.73 Å². The third kappa shape index (κ3) is 4.15. The number of piperidine rings is 1. The molecule has 0 saturated carbocycles. The Morgan fingerprint density at radius 3 is 2.69 bits per heavy atom. The number of rotatable bonds is 5. The van der Waals surface area contributed by atoms with Gasteiger partial charge in [-0.2, -0.15) is 0 Å². The monoisotopic (exact) mass is 348 g/mol. The molecule has 0 radical (unpaired) electrons. The van der Waals surface area contributed by atoms with Crippen LogP contribution in [0, 0.1) is 0 Å². The number of aromatic nitrogens is 4. The molecule has 0 bridgehead atoms. The summed E-state index contributed by atoms with van der Waals surface area (Å²) in [5, 5.41) is 0. The Hall–Kier alpha value is -2.57. The maximum Gasteiger partial charge on any atom is 0.0949 e. The van der Waals surface area contributed by atoms with Crippen LogP contribution in [-0.2, 0) is 13.1 Å². The lowest BCUT2D eigenvalue weighted by molar-refractivity contribution is 0.203. The second kappa shape index (κ2) is 7.76. The molecule has 0 spiro atoms. The molecule has 2 N–H and O–H groups in total. The molecule has 0 amide bonds. The number of imidazole rings is 1. The Bertz CT molecular complexity index is 820. The smallest absolute Gasteiger partial charge is 0.0949 e. The van der Waals surface area contributed by atoms with Crippen LogP contribution >= 0.6 is 0 Å². The zero-order valence-electron chi connectivity index (χ0n) is 14.8. The van der Waals surface area contributed by atoms with Crippen LogP contribution in [0.3, 0.4) is 0 Å². The molecule has 0 atom stereocenters. The fourth-order valence-electron chi connectivity index (χ4n) is 3.35. The van der Waals surface area contributed by atoms with Gasteiger partial charge >= 0.3 is 0 Å². The van der Waals surface area contributed by atoms with Crippen LogP contribution in [0.1, 0.15) is 24.1 Å². The van der Waals surface area contributed by atoms with E-state index in [9.17, 15) is 0 Å². The van der Waals surface area contributed by atoms with E-state index in [0.29, 0.717) is 6.04 Å². The minimum absolute atomic E-state index is 0.356. The minimum Gasteiger partial charge on any atom is -0.333 e. The zero-order valence-corrected chi connectivity index (χ0v) is 14.8. The van der Waals surface area contributed by atoms with Crippen LogP contribution in [-0.4, -0.2) is 43.6 Å². The van der Waals surface area contributed by atoms with E-state index in [1.54, 1.807) is 6.20 Å². The lowest BCUT2D eigenvalue weighted by Gasteiger charge is -2.29. The molecule has 0 unspecified atom stereocenters. The summed E-state index contributed by atoms with van der Waals surface area (Å²) >= 11 is 0. The van der Waals surface area contributed by atoms with E-state index >= 15 is 0 Å². The van der Waals surface area contributed by atoms with Crippen LogP contribution in [0.25, 0.3) is 11.3 Å². The molecule has 1 aliphatic rings. The molecule has 1 aliphatic heterocycles. The fourth-order valence-corrected chi connectivity index (χ4v) is 3.35. The van der Waals surface area contributed by atoms with Gasteiger partial charge in [0.15, 0.2) is 0 Å². The van der Waals surface area contributed by atoms with Gasteiger partial charge in [-0.05, 0) is 24.5 Å². The number of nitrogens with zero attached hydrogens (tertiary/aromatic N) is 5. The third-order valence-electron chi connectivity index (χ3n) is 4.87. The van der Waals surface area contributed by atoms with Gasteiger partial charge in [-0.3, -0.25) is 14.9 Å². The quantitative estimate of drug-likeness (QED) is 0.766. The molecule has 1 aromatic carbocycles. The first-order chi connectivity index (χ1) is 12.8. The average molecular weight is 348 g/mol. The Balaban J connectivity index is 1.43. The van der Waals surface area contributed by atoms with Crippen LogP contribution in [0.2, 0.25) is 0 Å². The normalized spacial score (nSPS) is 16.0. The maximum absolute atomic E-state index is 5.97. The summed E-state index contributed by atoms with van der Waals surface area (Å²) in [5.74, 6) is 0. The number of nitrogens with two attached hydrogens (primary N) is 1. The van der Waals surface area contributed by atoms with E-state index in [4.69, 9.17) is 5.73 Å². The molecule has 6 nitrogen and oxygen atoms in total. The predicted octanol–water partition coefficient (Wildman–Crippen LogP) is 2.31. The SMILES string of the molecule is NC1CCN(Cc2cnc(-c3cccc(Cn4ccnc4)c3)cn2)CC1. The van der Waals surface area contributed by atoms with Crippen molar-refractivity contribution in [1.29, 1.82) is 0 Å². The summed E-state index contributed by atoms with van der Waals surface area (Å²) in [7, 11) is 0. The second-order valence-corrected chi connectivity index (χ2v) is 6.94. The first-order valence-corrected chi connectivity index (χ1v) is 9.10. The van der Waals surface area contributed by atoms with Crippen LogP contribution in [0.5, 0.6) is 0 Å². The fraction of sp³-hybridized carbons (Fsp3) is 0.350. The largest absolute Gasteiger partial charge is 0.333 e. The summed E-state index contributed by atoms with van der Waals surface area (Å²) < 4.78 is 2.05. The van der Waals surface area contributed by atoms with Gasteiger partial charge in [0.05, 0.1) is 30.1 Å². The lowest BCUT2D eigenvalue weighted by Crippen LogP contribution is -2.39. The Kier molecular flexibility index (Phi) is 5.04. The van der Waals surface area contributed by atoms with Crippen molar-refractivity contribution in [2.45, 2.75) is 32.0 Å². The topological polar surface area (TPSA) is 72.9 Å². The van der Waals surface area contributed by atoms with Gasteiger partial charge < -0.3 is 10.3 Å². The summed E-state index contributed by atoms with van der Waals surface area (Å²) in [6, 6.07) is 8.78. The van der Waals surface area contributed by atoms with E-state index in [1.807, 2.05) is 24.9 Å². The first kappa shape index (κ1) is 16.9. The van der Waals surface area contributed by atoms with E-state index in [2.05, 4.69) is 48.7 Å². The molecule has 2 aromatic heterocycles. The van der Waals surface area contributed by atoms with Crippen molar-refractivity contribution in [3.63, 3.8) is 0 Å². The van der Waals surface area contributed by atoms with Gasteiger partial charge in [0.25, 0.3) is 0 Å². The van der Waals surface area contributed by atoms with Gasteiger partial charge in [-0.1, -0.05) is 18.2 Å². The Labute approximate surface area is 153 Å². The van der Waals surface area contributed by atoms with Crippen molar-refractivity contribution in [1.82, 2.24) is 24.4 Å². The van der Waals surface area contributed by atoms with Crippen molar-refractivity contribution in [2.75, 3.05) is 13.1 Å². The van der Waals surface area contributed by atoms with Gasteiger partial charge in [0.1, 0.15) is 0 Å². The average Bonchev–Trinajstić information content (AvgIpc) is 3.17. The summed E-state index contributed by atoms with van der Waals surface area (Å²) in [6.07, 6.45) is 11.5. The molecule has 0 aliphatic carbocycles. The van der Waals surface area contributed by atoms with Gasteiger partial charge in [0.2, 0.25) is 0 Å². The third-order valence-corrected chi connectivity index (χ3v) is 4.87. The van der Waals surface area contributed by atoms with Crippen molar-refractivity contribution in [3.05, 3.63) is 66.6 Å². The first-order valence-electron chi connectivity index (χ1n) is 9.10. The number of benzene rings is 1. The summed E-state index contributed by atoms with van der Waals surface area (Å²) in [4.78, 5) is 15.7. The Morgan fingerprint density at radius 1 is 1.08 bits per heavy atom. The number of likely N-dealkylation sites (tertiary alicyclic amines) is 1. The van der Waals surface area contributed by atoms with E-state index in [1.165, 1.54) is 5.56 Å². The van der Waals surface area contributed by atoms with Gasteiger partial charge in [-0.15, -0.1) is 0 Å². The van der Waals surface area contributed by atoms with Crippen molar-refractivity contribution in [3.8, 4) is 11.3 Å². The van der Waals surface area contributed by atoms with E-state index in [-0.39, 0.29) is 0 Å². The summed E-state index contributed by atoms with van der Waals surface area (Å²) in [5.41, 5.74) is 10.2. The van der Waals surface area contributed by atoms with Crippen molar-refractivity contribution >= 4 is 0 Å². The van der Waals surface area contributed by atoms with Gasteiger partial charge in [-0.25, -0.2) is 4.98 Å².